The van der Waals surface area contributed by atoms with Crippen LogP contribution in [0.25, 0.3) is 0 Å². The summed E-state index contributed by atoms with van der Waals surface area (Å²) >= 11 is 0. The molecule has 0 fully saturated rings. The first-order valence-corrected chi connectivity index (χ1v) is 10.7. The summed E-state index contributed by atoms with van der Waals surface area (Å²) in [6.45, 7) is 11.3. The van der Waals surface area contributed by atoms with Gasteiger partial charge in [0.15, 0.2) is 0 Å². The summed E-state index contributed by atoms with van der Waals surface area (Å²) in [5.74, 6) is 1.69. The van der Waals surface area contributed by atoms with Crippen molar-refractivity contribution in [3.8, 4) is 0 Å². The molecular formula is C22H46O. The second kappa shape index (κ2) is 18.3. The molecule has 0 unspecified atom stereocenters. The first-order chi connectivity index (χ1) is 11.2. The van der Waals surface area contributed by atoms with Crippen molar-refractivity contribution in [3.05, 3.63) is 0 Å². The summed E-state index contributed by atoms with van der Waals surface area (Å²) in [6, 6.07) is 0. The van der Waals surface area contributed by atoms with E-state index in [1.165, 1.54) is 89.9 Å². The Balaban J connectivity index is 3.09. The highest BCUT2D eigenvalue weighted by atomic mass is 16.5. The molecule has 0 aliphatic carbocycles. The fraction of sp³-hybridized carbons (Fsp3) is 1.00. The maximum absolute atomic E-state index is 5.80. The van der Waals surface area contributed by atoms with Gasteiger partial charge in [0.1, 0.15) is 0 Å². The molecule has 1 heteroatoms. The molecule has 1 nitrogen and oxygen atoms in total. The van der Waals surface area contributed by atoms with Gasteiger partial charge < -0.3 is 4.74 Å². The molecule has 0 saturated carbocycles. The predicted octanol–water partition coefficient (Wildman–Crippen LogP) is 7.78. The topological polar surface area (TPSA) is 9.23 Å². The predicted molar refractivity (Wildman–Crippen MR) is 105 cm³/mol. The van der Waals surface area contributed by atoms with Crippen molar-refractivity contribution in [2.24, 2.45) is 11.8 Å². The molecular weight excluding hydrogens is 280 g/mol. The minimum absolute atomic E-state index is 0.835. The Kier molecular flexibility index (Phi) is 18.3. The fourth-order valence-corrected chi connectivity index (χ4v) is 3.10. The van der Waals surface area contributed by atoms with Gasteiger partial charge in [-0.15, -0.1) is 0 Å². The quantitative estimate of drug-likeness (QED) is 0.234. The maximum Gasteiger partial charge on any atom is 0.0468 e. The number of hydrogen-bond acceptors (Lipinski definition) is 1. The molecule has 0 aromatic carbocycles. The summed E-state index contributed by atoms with van der Waals surface area (Å²) in [5, 5.41) is 0. The smallest absolute Gasteiger partial charge is 0.0468 e. The van der Waals surface area contributed by atoms with Crippen LogP contribution in [-0.4, -0.2) is 13.2 Å². The third-order valence-corrected chi connectivity index (χ3v) is 4.88. The standard InChI is InChI=1S/C22H46O/c1-5-6-7-8-9-10-11-12-13-14-19-23-20-18-22(4)17-15-16-21(2)3/h21-22H,5-20H2,1-4H3/t22-/m1/s1. The van der Waals surface area contributed by atoms with E-state index in [0.717, 1.165) is 25.0 Å². The van der Waals surface area contributed by atoms with Crippen molar-refractivity contribution in [1.82, 2.24) is 0 Å². The van der Waals surface area contributed by atoms with E-state index in [2.05, 4.69) is 27.7 Å². The highest BCUT2D eigenvalue weighted by Crippen LogP contribution is 2.15. The minimum Gasteiger partial charge on any atom is -0.381 e. The van der Waals surface area contributed by atoms with E-state index in [9.17, 15) is 0 Å². The first-order valence-electron chi connectivity index (χ1n) is 10.7. The van der Waals surface area contributed by atoms with Crippen LogP contribution in [0.5, 0.6) is 0 Å². The molecule has 0 aromatic rings. The largest absolute Gasteiger partial charge is 0.381 e. The van der Waals surface area contributed by atoms with Crippen LogP contribution in [0, 0.1) is 11.8 Å². The first kappa shape index (κ1) is 23.0. The molecule has 0 aliphatic rings. The van der Waals surface area contributed by atoms with Gasteiger partial charge >= 0.3 is 0 Å². The van der Waals surface area contributed by atoms with Gasteiger partial charge in [-0.05, 0) is 24.7 Å². The third kappa shape index (κ3) is 19.9. The summed E-state index contributed by atoms with van der Waals surface area (Å²) in [6.07, 6.45) is 19.4. The molecule has 140 valence electrons. The van der Waals surface area contributed by atoms with Crippen LogP contribution in [0.2, 0.25) is 0 Å². The van der Waals surface area contributed by atoms with Gasteiger partial charge in [0.2, 0.25) is 0 Å². The van der Waals surface area contributed by atoms with Gasteiger partial charge in [0.05, 0.1) is 0 Å². The Labute approximate surface area is 148 Å². The van der Waals surface area contributed by atoms with Crippen LogP contribution in [0.3, 0.4) is 0 Å². The van der Waals surface area contributed by atoms with Crippen LogP contribution in [0.1, 0.15) is 118 Å². The van der Waals surface area contributed by atoms with Gasteiger partial charge in [0, 0.05) is 13.2 Å². The number of ether oxygens (including phenoxy) is 1. The van der Waals surface area contributed by atoms with E-state index in [4.69, 9.17) is 4.74 Å². The van der Waals surface area contributed by atoms with E-state index in [1.54, 1.807) is 0 Å². The molecule has 23 heavy (non-hydrogen) atoms. The van der Waals surface area contributed by atoms with E-state index >= 15 is 0 Å². The van der Waals surface area contributed by atoms with Crippen molar-refractivity contribution < 1.29 is 4.74 Å². The summed E-state index contributed by atoms with van der Waals surface area (Å²) in [5.41, 5.74) is 0. The Bertz CT molecular complexity index is 212. The summed E-state index contributed by atoms with van der Waals surface area (Å²) < 4.78 is 5.80. The molecule has 0 saturated heterocycles. The zero-order chi connectivity index (χ0) is 17.2. The van der Waals surface area contributed by atoms with Crippen molar-refractivity contribution in [2.75, 3.05) is 13.2 Å². The highest BCUT2D eigenvalue weighted by Gasteiger charge is 2.03. The Morgan fingerprint density at radius 2 is 1.13 bits per heavy atom. The average Bonchev–Trinajstić information content (AvgIpc) is 2.51. The molecule has 0 aromatic heterocycles. The molecule has 0 radical (unpaired) electrons. The summed E-state index contributed by atoms with van der Waals surface area (Å²) in [4.78, 5) is 0. The molecule has 1 atom stereocenters. The Morgan fingerprint density at radius 1 is 0.565 bits per heavy atom. The van der Waals surface area contributed by atoms with Crippen molar-refractivity contribution in [2.45, 2.75) is 118 Å². The van der Waals surface area contributed by atoms with E-state index in [-0.39, 0.29) is 0 Å². The van der Waals surface area contributed by atoms with Gasteiger partial charge in [-0.1, -0.05) is 105 Å². The zero-order valence-corrected chi connectivity index (χ0v) is 16.9. The molecule has 0 spiro atoms. The van der Waals surface area contributed by atoms with Crippen LogP contribution in [0.4, 0.5) is 0 Å². The second-order valence-electron chi connectivity index (χ2n) is 8.01. The maximum atomic E-state index is 5.80. The number of rotatable bonds is 18. The van der Waals surface area contributed by atoms with Gasteiger partial charge in [-0.2, -0.15) is 0 Å². The zero-order valence-electron chi connectivity index (χ0n) is 16.9. The third-order valence-electron chi connectivity index (χ3n) is 4.88. The summed E-state index contributed by atoms with van der Waals surface area (Å²) in [7, 11) is 0. The van der Waals surface area contributed by atoms with Crippen LogP contribution in [-0.2, 0) is 4.74 Å². The molecule has 0 bridgehead atoms. The lowest BCUT2D eigenvalue weighted by Gasteiger charge is -2.12. The molecule has 0 aliphatic heterocycles. The average molecular weight is 327 g/mol. The molecule has 0 rings (SSSR count). The lowest BCUT2D eigenvalue weighted by molar-refractivity contribution is 0.116. The monoisotopic (exact) mass is 326 g/mol. The molecule has 0 amide bonds. The second-order valence-corrected chi connectivity index (χ2v) is 8.01. The van der Waals surface area contributed by atoms with Crippen molar-refractivity contribution >= 4 is 0 Å². The van der Waals surface area contributed by atoms with E-state index < -0.39 is 0 Å². The number of unbranched alkanes of at least 4 members (excludes halogenated alkanes) is 9. The van der Waals surface area contributed by atoms with Crippen molar-refractivity contribution in [3.63, 3.8) is 0 Å². The van der Waals surface area contributed by atoms with Gasteiger partial charge in [-0.3, -0.25) is 0 Å². The highest BCUT2D eigenvalue weighted by molar-refractivity contribution is 4.55. The van der Waals surface area contributed by atoms with Crippen LogP contribution >= 0.6 is 0 Å². The lowest BCUT2D eigenvalue weighted by atomic mass is 9.98. The SMILES string of the molecule is CCCCCCCCCCCCOCC[C@H](C)CCCC(C)C. The lowest BCUT2D eigenvalue weighted by Crippen LogP contribution is -2.04. The minimum atomic E-state index is 0.835. The van der Waals surface area contributed by atoms with Crippen LogP contribution < -0.4 is 0 Å². The fourth-order valence-electron chi connectivity index (χ4n) is 3.10. The van der Waals surface area contributed by atoms with Crippen molar-refractivity contribution in [1.29, 1.82) is 0 Å². The van der Waals surface area contributed by atoms with Gasteiger partial charge in [-0.25, -0.2) is 0 Å². The molecule has 0 N–H and O–H groups in total. The Morgan fingerprint density at radius 3 is 1.70 bits per heavy atom. The van der Waals surface area contributed by atoms with E-state index in [0.29, 0.717) is 0 Å². The normalized spacial score (nSPS) is 12.9. The Hall–Kier alpha value is -0.0400. The molecule has 0 heterocycles. The van der Waals surface area contributed by atoms with E-state index in [1.807, 2.05) is 0 Å². The number of hydrogen-bond donors (Lipinski definition) is 0. The van der Waals surface area contributed by atoms with Crippen LogP contribution in [0.15, 0.2) is 0 Å². The van der Waals surface area contributed by atoms with Gasteiger partial charge in [0.25, 0.3) is 0 Å².